The molecule has 27 heteroatoms. The Labute approximate surface area is 403 Å². The fraction of sp³-hybridized carbons (Fsp3) is 0.244. The topological polar surface area (TPSA) is 299 Å². The molecule has 5 N–H and O–H groups in total. The molecule has 354 valence electrons. The van der Waals surface area contributed by atoms with Crippen LogP contribution in [0, 0.1) is 0 Å². The minimum Gasteiger partial charge on any atom is -0.396 e. The average Bonchev–Trinajstić information content (AvgIpc) is 4.01. The first-order chi connectivity index (χ1) is 32.7. The number of aromatic nitrogens is 7. The number of anilines is 6. The van der Waals surface area contributed by atoms with Crippen LogP contribution in [0.25, 0.3) is 22.8 Å². The van der Waals surface area contributed by atoms with Crippen molar-refractivity contribution in [3.05, 3.63) is 84.9 Å². The summed E-state index contributed by atoms with van der Waals surface area (Å²) in [6.07, 6.45) is 0. The van der Waals surface area contributed by atoms with E-state index in [1.165, 1.54) is 48.2 Å². The number of aliphatic hydroxyl groups excluding tert-OH is 1. The molecule has 0 aliphatic rings. The van der Waals surface area contributed by atoms with Crippen LogP contribution in [0.2, 0.25) is 0 Å². The van der Waals surface area contributed by atoms with Crippen molar-refractivity contribution < 1.29 is 31.0 Å². The van der Waals surface area contributed by atoms with E-state index in [2.05, 4.69) is 69.6 Å². The summed E-state index contributed by atoms with van der Waals surface area (Å²) in [5.74, 6) is 0.967. The lowest BCUT2D eigenvalue weighted by atomic mass is 10.2. The Morgan fingerprint density at radius 1 is 0.588 bits per heavy atom. The van der Waals surface area contributed by atoms with E-state index in [4.69, 9.17) is 4.98 Å². The Hall–Kier alpha value is -6.46. The molecule has 0 aliphatic heterocycles. The van der Waals surface area contributed by atoms with Crippen LogP contribution in [0.5, 0.6) is 0 Å². The van der Waals surface area contributed by atoms with Crippen LogP contribution in [0.3, 0.4) is 0 Å². The molecule has 0 atom stereocenters. The number of nitrogens with one attached hydrogen (secondary N) is 2. The third-order valence-electron chi connectivity index (χ3n) is 9.75. The fourth-order valence-electron chi connectivity index (χ4n) is 6.44. The number of hydrogen-bond donors (Lipinski definition) is 5. The molecule has 0 saturated heterocycles. The van der Waals surface area contributed by atoms with E-state index in [1.54, 1.807) is 24.3 Å². The molecule has 3 aromatic heterocycles. The normalized spacial score (nSPS) is 12.0. The van der Waals surface area contributed by atoms with E-state index in [1.807, 2.05) is 52.0 Å². The van der Waals surface area contributed by atoms with Gasteiger partial charge in [0.15, 0.2) is 16.8 Å². The molecule has 4 aromatic carbocycles. The average molecular weight is 1020 g/mol. The smallest absolute Gasteiger partial charge is 0.294 e. The first-order valence-electron chi connectivity index (χ1n) is 20.7. The third-order valence-corrected chi connectivity index (χ3v) is 13.5. The van der Waals surface area contributed by atoms with Crippen LogP contribution in [-0.2, 0) is 20.2 Å². The van der Waals surface area contributed by atoms with Gasteiger partial charge in [-0.1, -0.05) is 36.0 Å². The maximum absolute atomic E-state index is 11.7. The largest absolute Gasteiger partial charge is 0.396 e. The van der Waals surface area contributed by atoms with E-state index < -0.39 is 20.2 Å². The Morgan fingerprint density at radius 2 is 1.03 bits per heavy atom. The molecule has 0 fully saturated rings. The van der Waals surface area contributed by atoms with Crippen LogP contribution in [-0.4, -0.2) is 103 Å². The van der Waals surface area contributed by atoms with Crippen molar-refractivity contribution >= 4 is 111 Å². The molecular formula is C41H43N15O7S5. The molecule has 0 unspecified atom stereocenters. The number of thioether (sulfide) groups is 1. The molecule has 7 aromatic rings. The van der Waals surface area contributed by atoms with Crippen molar-refractivity contribution in [3.63, 3.8) is 0 Å². The van der Waals surface area contributed by atoms with Crippen molar-refractivity contribution in [2.24, 2.45) is 20.5 Å². The summed E-state index contributed by atoms with van der Waals surface area (Å²) in [5.41, 5.74) is 4.25. The molecular weight excluding hydrogens is 975 g/mol. The van der Waals surface area contributed by atoms with Gasteiger partial charge >= 0.3 is 0 Å². The Morgan fingerprint density at radius 3 is 1.43 bits per heavy atom. The summed E-state index contributed by atoms with van der Waals surface area (Å²) >= 11 is 3.11. The minimum atomic E-state index is -4.44. The number of azo groups is 2. The van der Waals surface area contributed by atoms with Crippen molar-refractivity contribution in [2.75, 3.05) is 59.0 Å². The van der Waals surface area contributed by atoms with E-state index in [-0.39, 0.29) is 50.2 Å². The predicted octanol–water partition coefficient (Wildman–Crippen LogP) is 9.50. The highest BCUT2D eigenvalue weighted by atomic mass is 32.2. The second-order valence-electron chi connectivity index (χ2n) is 14.0. The highest BCUT2D eigenvalue weighted by molar-refractivity contribution is 7.99. The zero-order valence-electron chi connectivity index (χ0n) is 36.7. The molecule has 7 rings (SSSR count). The van der Waals surface area contributed by atoms with Gasteiger partial charge in [0.25, 0.3) is 20.2 Å². The van der Waals surface area contributed by atoms with Gasteiger partial charge in [0.2, 0.25) is 22.2 Å². The van der Waals surface area contributed by atoms with E-state index in [0.717, 1.165) is 60.6 Å². The van der Waals surface area contributed by atoms with Crippen molar-refractivity contribution in [3.8, 4) is 22.8 Å². The standard InChI is InChI=1S/C41H43N15O7S5/c1-5-55(6-2)27-15-17-31(49-51-40-44-35(53-65-40)25-11-9-13-29(21-25)67(58,59)60)33(23-27)42-37-46-38(48-39(47-37)64-20-19-57)43-34-24-28(56(7-3)8-4)16-18-32(34)50-52-41-45-36(54-66-41)26-12-10-14-30(22-26)68(61,62)63/h9-18,21-24,57H,5-8,19-20H2,1-4H3,(H,58,59,60)(H,61,62,63)(H2,42,43,46,47,48). The van der Waals surface area contributed by atoms with Crippen LogP contribution >= 0.6 is 34.8 Å². The summed E-state index contributed by atoms with van der Waals surface area (Å²) in [6, 6.07) is 22.4. The lowest BCUT2D eigenvalue weighted by molar-refractivity contribution is 0.322. The van der Waals surface area contributed by atoms with Gasteiger partial charge in [0.05, 0.1) is 27.8 Å². The lowest BCUT2D eigenvalue weighted by Crippen LogP contribution is -2.21. The van der Waals surface area contributed by atoms with Crippen molar-refractivity contribution in [1.82, 2.24) is 33.7 Å². The van der Waals surface area contributed by atoms with Crippen molar-refractivity contribution in [1.29, 1.82) is 0 Å². The first-order valence-corrected chi connectivity index (χ1v) is 26.1. The number of rotatable bonds is 21. The van der Waals surface area contributed by atoms with Gasteiger partial charge in [0, 0.05) is 77.5 Å². The van der Waals surface area contributed by atoms with Gasteiger partial charge in [-0.3, -0.25) is 9.11 Å². The Kier molecular flexibility index (Phi) is 16.1. The van der Waals surface area contributed by atoms with Crippen LogP contribution in [0.1, 0.15) is 27.7 Å². The number of benzene rings is 4. The molecule has 0 radical (unpaired) electrons. The van der Waals surface area contributed by atoms with Gasteiger partial charge in [0.1, 0.15) is 11.4 Å². The lowest BCUT2D eigenvalue weighted by Gasteiger charge is -2.22. The fourth-order valence-corrected chi connectivity index (χ4v) is 9.10. The maximum Gasteiger partial charge on any atom is 0.294 e. The monoisotopic (exact) mass is 1020 g/mol. The van der Waals surface area contributed by atoms with E-state index >= 15 is 0 Å². The molecule has 0 aliphatic carbocycles. The molecule has 22 nitrogen and oxygen atoms in total. The molecule has 0 spiro atoms. The van der Waals surface area contributed by atoms with Gasteiger partial charge < -0.3 is 25.5 Å². The third kappa shape index (κ3) is 12.5. The highest BCUT2D eigenvalue weighted by Crippen LogP contribution is 2.37. The van der Waals surface area contributed by atoms with Gasteiger partial charge in [-0.15, -0.1) is 20.5 Å². The summed E-state index contributed by atoms with van der Waals surface area (Å²) in [5, 5.41) is 34.7. The van der Waals surface area contributed by atoms with Gasteiger partial charge in [-0.05, 0) is 88.4 Å². The summed E-state index contributed by atoms with van der Waals surface area (Å²) in [4.78, 5) is 26.6. The Balaban J connectivity index is 1.22. The summed E-state index contributed by atoms with van der Waals surface area (Å²) in [7, 11) is -8.88. The zero-order valence-corrected chi connectivity index (χ0v) is 40.7. The van der Waals surface area contributed by atoms with Crippen LogP contribution < -0.4 is 20.4 Å². The van der Waals surface area contributed by atoms with Gasteiger partial charge in [-0.25, -0.2) is 0 Å². The van der Waals surface area contributed by atoms with Crippen LogP contribution in [0.15, 0.2) is 120 Å². The van der Waals surface area contributed by atoms with E-state index in [0.29, 0.717) is 44.8 Å². The predicted molar refractivity (Wildman–Crippen MR) is 263 cm³/mol. The second-order valence-corrected chi connectivity index (χ2v) is 19.4. The second kappa shape index (κ2) is 22.1. The molecule has 0 amide bonds. The number of nitrogens with zero attached hydrogens (tertiary/aromatic N) is 13. The molecule has 68 heavy (non-hydrogen) atoms. The zero-order chi connectivity index (χ0) is 48.4. The Bertz CT molecular complexity index is 2980. The first kappa shape index (κ1) is 49.4. The van der Waals surface area contributed by atoms with Crippen LogP contribution in [0.4, 0.5) is 56.3 Å². The SMILES string of the molecule is CCN(CC)c1ccc(N=Nc2nc(-c3cccc(S(=O)(=O)O)c3)ns2)c(Nc2nc(Nc3cc(N(CC)CC)ccc3N=Nc3nc(-c4cccc(S(=O)(=O)O)c4)ns3)nc(SCCO)n2)c1. The van der Waals surface area contributed by atoms with Gasteiger partial charge in [-0.2, -0.15) is 50.5 Å². The highest BCUT2D eigenvalue weighted by Gasteiger charge is 2.18. The summed E-state index contributed by atoms with van der Waals surface area (Å²) < 4.78 is 74.6. The quantitative estimate of drug-likeness (QED) is 0.0254. The van der Waals surface area contributed by atoms with E-state index in [9.17, 15) is 31.0 Å². The minimum absolute atomic E-state index is 0.132. The molecule has 0 bridgehead atoms. The van der Waals surface area contributed by atoms with Crippen molar-refractivity contribution in [2.45, 2.75) is 42.6 Å². The maximum atomic E-state index is 11.7. The number of hydrogen-bond acceptors (Lipinski definition) is 23. The summed E-state index contributed by atoms with van der Waals surface area (Å²) in [6.45, 7) is 10.9. The molecule has 3 heterocycles. The number of aliphatic hydroxyl groups is 1. The molecule has 0 saturated carbocycles.